The lowest BCUT2D eigenvalue weighted by atomic mass is 10.1. The van der Waals surface area contributed by atoms with E-state index in [-0.39, 0.29) is 5.91 Å². The molecule has 0 N–H and O–H groups in total. The smallest absolute Gasteiger partial charge is 0.236 e. The number of hydrogen-bond acceptors (Lipinski definition) is 3. The maximum absolute atomic E-state index is 12.6. The fourth-order valence-corrected chi connectivity index (χ4v) is 3.01. The van der Waals surface area contributed by atoms with Gasteiger partial charge in [0.05, 0.1) is 18.4 Å². The van der Waals surface area contributed by atoms with Crippen molar-refractivity contribution in [2.45, 2.75) is 20.0 Å². The van der Waals surface area contributed by atoms with Gasteiger partial charge in [-0.1, -0.05) is 42.5 Å². The zero-order valence-corrected chi connectivity index (χ0v) is 16.2. The maximum Gasteiger partial charge on any atom is 0.236 e. The second-order valence-electron chi connectivity index (χ2n) is 6.98. The number of para-hydroxylation sites is 1. The number of aromatic nitrogens is 2. The molecule has 140 valence electrons. The summed E-state index contributed by atoms with van der Waals surface area (Å²) >= 11 is 0. The highest BCUT2D eigenvalue weighted by atomic mass is 16.2. The van der Waals surface area contributed by atoms with Crippen LogP contribution in [0.25, 0.3) is 5.69 Å². The van der Waals surface area contributed by atoms with Crippen molar-refractivity contribution in [1.29, 1.82) is 0 Å². The van der Waals surface area contributed by atoms with Crippen LogP contribution in [0.1, 0.15) is 16.7 Å². The molecule has 2 aromatic carbocycles. The maximum atomic E-state index is 12.6. The van der Waals surface area contributed by atoms with Crippen molar-refractivity contribution in [3.8, 4) is 5.69 Å². The second kappa shape index (κ2) is 8.64. The lowest BCUT2D eigenvalue weighted by Crippen LogP contribution is -2.36. The SMILES string of the molecule is Cc1ccccc1CN(C)CC(=O)N(C)Cc1cnn(-c2ccccc2)c1. The number of aryl methyl sites for hydroxylation is 1. The van der Waals surface area contributed by atoms with E-state index in [1.807, 2.05) is 73.6 Å². The minimum atomic E-state index is 0.0959. The fraction of sp³-hybridized carbons (Fsp3) is 0.273. The van der Waals surface area contributed by atoms with E-state index in [0.29, 0.717) is 13.1 Å². The Hall–Kier alpha value is -2.92. The van der Waals surface area contributed by atoms with Crippen LogP contribution in [0.4, 0.5) is 0 Å². The highest BCUT2D eigenvalue weighted by molar-refractivity contribution is 5.77. The zero-order valence-electron chi connectivity index (χ0n) is 16.2. The number of likely N-dealkylation sites (N-methyl/N-ethyl adjacent to an activating group) is 2. The zero-order chi connectivity index (χ0) is 19.2. The standard InChI is InChI=1S/C22H26N4O/c1-18-9-7-8-10-20(18)16-24(2)17-22(27)25(3)14-19-13-23-26(15-19)21-11-5-4-6-12-21/h4-13,15H,14,16-17H2,1-3H3. The molecule has 1 amide bonds. The van der Waals surface area contributed by atoms with Crippen LogP contribution in [0.15, 0.2) is 67.0 Å². The van der Waals surface area contributed by atoms with E-state index in [2.05, 4.69) is 29.1 Å². The summed E-state index contributed by atoms with van der Waals surface area (Å²) in [5.41, 5.74) is 4.52. The largest absolute Gasteiger partial charge is 0.340 e. The van der Waals surface area contributed by atoms with Gasteiger partial charge in [0.25, 0.3) is 0 Å². The molecule has 3 aromatic rings. The first-order valence-corrected chi connectivity index (χ1v) is 9.09. The Morgan fingerprint density at radius 3 is 2.44 bits per heavy atom. The molecule has 0 saturated carbocycles. The average molecular weight is 362 g/mol. The highest BCUT2D eigenvalue weighted by Gasteiger charge is 2.14. The molecular weight excluding hydrogens is 336 g/mol. The lowest BCUT2D eigenvalue weighted by molar-refractivity contribution is -0.131. The van der Waals surface area contributed by atoms with E-state index >= 15 is 0 Å². The molecule has 0 fully saturated rings. The van der Waals surface area contributed by atoms with Crippen LogP contribution in [0.5, 0.6) is 0 Å². The van der Waals surface area contributed by atoms with E-state index in [0.717, 1.165) is 17.8 Å². The second-order valence-corrected chi connectivity index (χ2v) is 6.98. The molecule has 0 bridgehead atoms. The minimum absolute atomic E-state index is 0.0959. The van der Waals surface area contributed by atoms with E-state index in [9.17, 15) is 4.79 Å². The fourth-order valence-electron chi connectivity index (χ4n) is 3.01. The molecule has 0 saturated heterocycles. The van der Waals surface area contributed by atoms with Gasteiger partial charge >= 0.3 is 0 Å². The molecule has 1 aromatic heterocycles. The van der Waals surface area contributed by atoms with Crippen molar-refractivity contribution >= 4 is 5.91 Å². The van der Waals surface area contributed by atoms with Crippen molar-refractivity contribution < 1.29 is 4.79 Å². The van der Waals surface area contributed by atoms with Gasteiger partial charge in [-0.25, -0.2) is 4.68 Å². The molecule has 0 radical (unpaired) electrons. The van der Waals surface area contributed by atoms with Crippen LogP contribution in [0, 0.1) is 6.92 Å². The number of carbonyl (C=O) groups excluding carboxylic acids is 1. The van der Waals surface area contributed by atoms with Gasteiger partial charge in [0.1, 0.15) is 0 Å². The van der Waals surface area contributed by atoms with Crippen LogP contribution >= 0.6 is 0 Å². The predicted octanol–water partition coefficient (Wildman–Crippen LogP) is 3.27. The van der Waals surface area contributed by atoms with E-state index in [4.69, 9.17) is 0 Å². The predicted molar refractivity (Wildman–Crippen MR) is 108 cm³/mol. The number of carbonyl (C=O) groups is 1. The van der Waals surface area contributed by atoms with E-state index in [1.165, 1.54) is 11.1 Å². The van der Waals surface area contributed by atoms with Gasteiger partial charge in [0, 0.05) is 31.9 Å². The summed E-state index contributed by atoms with van der Waals surface area (Å²) in [6.07, 6.45) is 3.78. The quantitative estimate of drug-likeness (QED) is 0.648. The summed E-state index contributed by atoms with van der Waals surface area (Å²) in [5, 5.41) is 4.39. The number of amides is 1. The van der Waals surface area contributed by atoms with Crippen molar-refractivity contribution in [2.24, 2.45) is 0 Å². The highest BCUT2D eigenvalue weighted by Crippen LogP contribution is 2.11. The van der Waals surface area contributed by atoms with Crippen LogP contribution in [0.2, 0.25) is 0 Å². The molecule has 5 heteroatoms. The summed E-state index contributed by atoms with van der Waals surface area (Å²) in [6.45, 7) is 3.79. The van der Waals surface area contributed by atoms with Gasteiger partial charge in [-0.2, -0.15) is 5.10 Å². The third-order valence-corrected chi connectivity index (χ3v) is 4.61. The normalized spacial score (nSPS) is 11.0. The molecule has 1 heterocycles. The topological polar surface area (TPSA) is 41.4 Å². The Morgan fingerprint density at radius 2 is 1.70 bits per heavy atom. The third-order valence-electron chi connectivity index (χ3n) is 4.61. The summed E-state index contributed by atoms with van der Waals surface area (Å²) in [4.78, 5) is 16.4. The molecule has 0 spiro atoms. The van der Waals surface area contributed by atoms with Crippen molar-refractivity contribution in [2.75, 3.05) is 20.6 Å². The Labute approximate surface area is 160 Å². The molecule has 27 heavy (non-hydrogen) atoms. The first kappa shape index (κ1) is 18.9. The van der Waals surface area contributed by atoms with E-state index in [1.54, 1.807) is 4.90 Å². The first-order valence-electron chi connectivity index (χ1n) is 9.09. The van der Waals surface area contributed by atoms with Crippen LogP contribution in [-0.4, -0.2) is 46.1 Å². The number of benzene rings is 2. The molecule has 0 aliphatic rings. The number of hydrogen-bond donors (Lipinski definition) is 0. The lowest BCUT2D eigenvalue weighted by Gasteiger charge is -2.22. The molecule has 5 nitrogen and oxygen atoms in total. The first-order chi connectivity index (χ1) is 13.0. The molecule has 0 unspecified atom stereocenters. The van der Waals surface area contributed by atoms with Crippen molar-refractivity contribution in [1.82, 2.24) is 19.6 Å². The molecule has 0 aliphatic heterocycles. The molecule has 3 rings (SSSR count). The number of nitrogens with zero attached hydrogens (tertiary/aromatic N) is 4. The molecule has 0 atom stereocenters. The van der Waals surface area contributed by atoms with Crippen LogP contribution in [0.3, 0.4) is 0 Å². The van der Waals surface area contributed by atoms with Crippen molar-refractivity contribution in [3.05, 3.63) is 83.7 Å². The summed E-state index contributed by atoms with van der Waals surface area (Å²) in [6, 6.07) is 18.2. The Bertz CT molecular complexity index is 888. The Morgan fingerprint density at radius 1 is 1.00 bits per heavy atom. The van der Waals surface area contributed by atoms with Gasteiger partial charge in [0.2, 0.25) is 5.91 Å². The molecule has 0 aliphatic carbocycles. The van der Waals surface area contributed by atoms with Gasteiger partial charge in [-0.15, -0.1) is 0 Å². The van der Waals surface area contributed by atoms with Crippen LogP contribution in [-0.2, 0) is 17.9 Å². The summed E-state index contributed by atoms with van der Waals surface area (Å²) in [7, 11) is 3.81. The molecular formula is C22H26N4O. The Kier molecular flexibility index (Phi) is 6.04. The van der Waals surface area contributed by atoms with Gasteiger partial charge in [-0.05, 0) is 37.2 Å². The van der Waals surface area contributed by atoms with Gasteiger partial charge in [0.15, 0.2) is 0 Å². The average Bonchev–Trinajstić information content (AvgIpc) is 3.13. The Balaban J connectivity index is 1.55. The summed E-state index contributed by atoms with van der Waals surface area (Å²) in [5.74, 6) is 0.0959. The van der Waals surface area contributed by atoms with Crippen molar-refractivity contribution in [3.63, 3.8) is 0 Å². The third kappa shape index (κ3) is 5.05. The van der Waals surface area contributed by atoms with E-state index < -0.39 is 0 Å². The van der Waals surface area contributed by atoms with Gasteiger partial charge in [-0.3, -0.25) is 9.69 Å². The monoisotopic (exact) mass is 362 g/mol. The number of rotatable bonds is 7. The van der Waals surface area contributed by atoms with Gasteiger partial charge < -0.3 is 4.90 Å². The minimum Gasteiger partial charge on any atom is -0.340 e. The van der Waals surface area contributed by atoms with Crippen LogP contribution < -0.4 is 0 Å². The summed E-state index contributed by atoms with van der Waals surface area (Å²) < 4.78 is 1.83.